The maximum Gasteiger partial charge on any atom is 0.319 e. The molecule has 0 radical (unpaired) electrons. The van der Waals surface area contributed by atoms with Crippen LogP contribution >= 0.6 is 15.9 Å². The summed E-state index contributed by atoms with van der Waals surface area (Å²) >= 11 is 3.43. The largest absolute Gasteiger partial charge is 0.497 e. The molecule has 3 N–H and O–H groups in total. The van der Waals surface area contributed by atoms with Gasteiger partial charge in [-0.3, -0.25) is 4.79 Å². The van der Waals surface area contributed by atoms with Crippen LogP contribution in [0.5, 0.6) is 5.75 Å². The average Bonchev–Trinajstić information content (AvgIpc) is 2.61. The molecule has 1 heterocycles. The molecule has 2 aromatic carbocycles. The van der Waals surface area contributed by atoms with Crippen molar-refractivity contribution in [1.29, 1.82) is 0 Å². The van der Waals surface area contributed by atoms with Gasteiger partial charge in [0, 0.05) is 15.9 Å². The van der Waals surface area contributed by atoms with E-state index in [4.69, 9.17) is 4.74 Å². The number of hydrogen-bond acceptors (Lipinski definition) is 3. The molecular formula is C19H18BrN3O3. The Bertz CT molecular complexity index is 878. The van der Waals surface area contributed by atoms with E-state index < -0.39 is 6.04 Å². The number of rotatable bonds is 4. The first kappa shape index (κ1) is 18.0. The Balaban J connectivity index is 1.91. The molecule has 0 bridgehead atoms. The highest BCUT2D eigenvalue weighted by molar-refractivity contribution is 9.10. The van der Waals surface area contributed by atoms with Crippen LogP contribution in [-0.4, -0.2) is 19.0 Å². The van der Waals surface area contributed by atoms with Crippen molar-refractivity contribution in [3.05, 3.63) is 69.8 Å². The SMILES string of the molecule is COc1ccc(NC(=O)C2=C(C)NC(=O)N[C@@H]2c2cccc(Br)c2)cc1. The number of carbonyl (C=O) groups is 2. The van der Waals surface area contributed by atoms with Gasteiger partial charge in [-0.25, -0.2) is 4.79 Å². The number of hydrogen-bond donors (Lipinski definition) is 3. The molecule has 0 saturated heterocycles. The lowest BCUT2D eigenvalue weighted by Gasteiger charge is -2.28. The molecule has 0 unspecified atom stereocenters. The second-order valence-corrected chi connectivity index (χ2v) is 6.72. The number of allylic oxidation sites excluding steroid dienone is 1. The van der Waals surface area contributed by atoms with E-state index in [2.05, 4.69) is 31.9 Å². The lowest BCUT2D eigenvalue weighted by molar-refractivity contribution is -0.113. The van der Waals surface area contributed by atoms with E-state index in [9.17, 15) is 9.59 Å². The molecule has 3 rings (SSSR count). The summed E-state index contributed by atoms with van der Waals surface area (Å²) in [5, 5.41) is 8.35. The van der Waals surface area contributed by atoms with Crippen molar-refractivity contribution in [3.8, 4) is 5.75 Å². The molecule has 1 aliphatic rings. The van der Waals surface area contributed by atoms with Crippen LogP contribution in [0, 0.1) is 0 Å². The summed E-state index contributed by atoms with van der Waals surface area (Å²) in [6.45, 7) is 1.71. The maximum atomic E-state index is 12.9. The van der Waals surface area contributed by atoms with Gasteiger partial charge in [0.2, 0.25) is 0 Å². The molecule has 1 aliphatic heterocycles. The number of carbonyl (C=O) groups excluding carboxylic acids is 2. The summed E-state index contributed by atoms with van der Waals surface area (Å²) in [4.78, 5) is 24.8. The highest BCUT2D eigenvalue weighted by Gasteiger charge is 2.31. The van der Waals surface area contributed by atoms with Gasteiger partial charge in [0.15, 0.2) is 0 Å². The minimum Gasteiger partial charge on any atom is -0.497 e. The summed E-state index contributed by atoms with van der Waals surface area (Å²) in [6.07, 6.45) is 0. The predicted molar refractivity (Wildman–Crippen MR) is 103 cm³/mol. The molecule has 0 spiro atoms. The third kappa shape index (κ3) is 3.88. The van der Waals surface area contributed by atoms with Crippen molar-refractivity contribution in [2.45, 2.75) is 13.0 Å². The number of methoxy groups -OCH3 is 1. The number of benzene rings is 2. The maximum absolute atomic E-state index is 12.9. The van der Waals surface area contributed by atoms with Crippen molar-refractivity contribution >= 4 is 33.6 Å². The summed E-state index contributed by atoms with van der Waals surface area (Å²) < 4.78 is 5.99. The van der Waals surface area contributed by atoms with E-state index in [1.807, 2.05) is 24.3 Å². The van der Waals surface area contributed by atoms with E-state index in [-0.39, 0.29) is 11.9 Å². The van der Waals surface area contributed by atoms with Gasteiger partial charge in [-0.05, 0) is 48.9 Å². The zero-order valence-corrected chi connectivity index (χ0v) is 15.9. The molecule has 2 aromatic rings. The van der Waals surface area contributed by atoms with Gasteiger partial charge in [0.05, 0.1) is 18.7 Å². The van der Waals surface area contributed by atoms with Gasteiger partial charge >= 0.3 is 6.03 Å². The first-order valence-electron chi connectivity index (χ1n) is 7.97. The molecule has 7 heteroatoms. The highest BCUT2D eigenvalue weighted by Crippen LogP contribution is 2.29. The Morgan fingerprint density at radius 3 is 2.58 bits per heavy atom. The number of amides is 3. The van der Waals surface area contributed by atoms with Crippen molar-refractivity contribution < 1.29 is 14.3 Å². The third-order valence-corrected chi connectivity index (χ3v) is 4.54. The van der Waals surface area contributed by atoms with Gasteiger partial charge < -0.3 is 20.7 Å². The van der Waals surface area contributed by atoms with E-state index in [0.29, 0.717) is 22.7 Å². The number of anilines is 1. The van der Waals surface area contributed by atoms with E-state index in [1.54, 1.807) is 38.3 Å². The third-order valence-electron chi connectivity index (χ3n) is 4.04. The molecule has 0 aliphatic carbocycles. The molecule has 0 fully saturated rings. The first-order valence-corrected chi connectivity index (χ1v) is 8.76. The van der Waals surface area contributed by atoms with Crippen LogP contribution in [0.4, 0.5) is 10.5 Å². The van der Waals surface area contributed by atoms with Gasteiger partial charge in [-0.2, -0.15) is 0 Å². The van der Waals surface area contributed by atoms with Crippen LogP contribution in [0.25, 0.3) is 0 Å². The second kappa shape index (κ2) is 7.61. The lowest BCUT2D eigenvalue weighted by atomic mass is 9.95. The zero-order valence-electron chi connectivity index (χ0n) is 14.3. The summed E-state index contributed by atoms with van der Waals surface area (Å²) in [7, 11) is 1.58. The quantitative estimate of drug-likeness (QED) is 0.711. The molecular weight excluding hydrogens is 398 g/mol. The summed E-state index contributed by atoms with van der Waals surface area (Å²) in [6, 6.07) is 13.7. The summed E-state index contributed by atoms with van der Waals surface area (Å²) in [5.41, 5.74) is 2.43. The normalized spacial score (nSPS) is 16.6. The average molecular weight is 416 g/mol. The number of ether oxygens (including phenoxy) is 1. The zero-order chi connectivity index (χ0) is 18.7. The molecule has 6 nitrogen and oxygen atoms in total. The highest BCUT2D eigenvalue weighted by atomic mass is 79.9. The Morgan fingerprint density at radius 2 is 1.92 bits per heavy atom. The molecule has 0 aromatic heterocycles. The van der Waals surface area contributed by atoms with Crippen LogP contribution in [0.2, 0.25) is 0 Å². The first-order chi connectivity index (χ1) is 12.5. The fraction of sp³-hybridized carbons (Fsp3) is 0.158. The van der Waals surface area contributed by atoms with Crippen molar-refractivity contribution in [3.63, 3.8) is 0 Å². The van der Waals surface area contributed by atoms with Gasteiger partial charge in [0.25, 0.3) is 5.91 Å². The number of nitrogens with one attached hydrogen (secondary N) is 3. The van der Waals surface area contributed by atoms with Crippen LogP contribution in [0.1, 0.15) is 18.5 Å². The summed E-state index contributed by atoms with van der Waals surface area (Å²) in [5.74, 6) is 0.419. The number of urea groups is 1. The standard InChI is InChI=1S/C19H18BrN3O3/c1-11-16(18(24)22-14-6-8-15(26-2)9-7-14)17(23-19(25)21-11)12-4-3-5-13(20)10-12/h3-10,17H,1-2H3,(H,22,24)(H2,21,23,25)/t17-/m1/s1. The van der Waals surface area contributed by atoms with Gasteiger partial charge in [0.1, 0.15) is 5.75 Å². The van der Waals surface area contributed by atoms with Gasteiger partial charge in [-0.15, -0.1) is 0 Å². The van der Waals surface area contributed by atoms with Crippen molar-refractivity contribution in [2.75, 3.05) is 12.4 Å². The van der Waals surface area contributed by atoms with Crippen LogP contribution < -0.4 is 20.7 Å². The van der Waals surface area contributed by atoms with E-state index >= 15 is 0 Å². The monoisotopic (exact) mass is 415 g/mol. The second-order valence-electron chi connectivity index (χ2n) is 5.81. The van der Waals surface area contributed by atoms with Gasteiger partial charge in [-0.1, -0.05) is 28.1 Å². The minimum atomic E-state index is -0.542. The topological polar surface area (TPSA) is 79.5 Å². The van der Waals surface area contributed by atoms with Crippen LogP contribution in [0.3, 0.4) is 0 Å². The van der Waals surface area contributed by atoms with E-state index in [0.717, 1.165) is 10.0 Å². The predicted octanol–water partition coefficient (Wildman–Crippen LogP) is 3.72. The molecule has 26 heavy (non-hydrogen) atoms. The molecule has 3 amide bonds. The van der Waals surface area contributed by atoms with Crippen LogP contribution in [-0.2, 0) is 4.79 Å². The van der Waals surface area contributed by atoms with Crippen molar-refractivity contribution in [1.82, 2.24) is 10.6 Å². The smallest absolute Gasteiger partial charge is 0.319 e. The Morgan fingerprint density at radius 1 is 1.19 bits per heavy atom. The fourth-order valence-corrected chi connectivity index (χ4v) is 3.22. The number of halogens is 1. The van der Waals surface area contributed by atoms with E-state index in [1.165, 1.54) is 0 Å². The minimum absolute atomic E-state index is 0.287. The molecule has 0 saturated carbocycles. The lowest BCUT2D eigenvalue weighted by Crippen LogP contribution is -2.45. The molecule has 134 valence electrons. The Labute approximate surface area is 159 Å². The van der Waals surface area contributed by atoms with Crippen molar-refractivity contribution in [2.24, 2.45) is 0 Å². The fourth-order valence-electron chi connectivity index (χ4n) is 2.80. The Hall–Kier alpha value is -2.80. The Kier molecular flexibility index (Phi) is 5.27. The van der Waals surface area contributed by atoms with Crippen LogP contribution in [0.15, 0.2) is 64.3 Å². The molecule has 1 atom stereocenters.